The van der Waals surface area contributed by atoms with Gasteiger partial charge in [-0.3, -0.25) is 9.79 Å². The van der Waals surface area contributed by atoms with Crippen molar-refractivity contribution in [2.45, 2.75) is 19.3 Å². The largest absolute Gasteiger partial charge is 0.497 e. The molecule has 6 nitrogen and oxygen atoms in total. The molecule has 0 aromatic heterocycles. The number of likely N-dealkylation sites (tertiary alicyclic amines) is 1. The van der Waals surface area contributed by atoms with Gasteiger partial charge in [0, 0.05) is 25.2 Å². The molecule has 6 heteroatoms. The molecule has 1 saturated heterocycles. The van der Waals surface area contributed by atoms with Crippen LogP contribution in [0.5, 0.6) is 5.75 Å². The van der Waals surface area contributed by atoms with Crippen molar-refractivity contribution in [3.8, 4) is 5.75 Å². The van der Waals surface area contributed by atoms with Crippen LogP contribution in [0.1, 0.15) is 29.6 Å². The number of nitrogens with one attached hydrogen (secondary N) is 1. The summed E-state index contributed by atoms with van der Waals surface area (Å²) in [5, 5.41) is 2.83. The van der Waals surface area contributed by atoms with E-state index in [2.05, 4.69) is 15.2 Å². The van der Waals surface area contributed by atoms with E-state index in [1.165, 1.54) is 19.3 Å². The normalized spacial score (nSPS) is 15.5. The van der Waals surface area contributed by atoms with Gasteiger partial charge in [0.1, 0.15) is 5.75 Å². The van der Waals surface area contributed by atoms with Gasteiger partial charge in [-0.15, -0.1) is 0 Å². The van der Waals surface area contributed by atoms with Crippen LogP contribution >= 0.6 is 0 Å². The number of nitrogens with two attached hydrogens (primary N) is 1. The van der Waals surface area contributed by atoms with E-state index in [-0.39, 0.29) is 5.91 Å². The van der Waals surface area contributed by atoms with Gasteiger partial charge in [-0.05, 0) is 37.5 Å². The lowest BCUT2D eigenvalue weighted by Crippen LogP contribution is -2.41. The molecule has 0 radical (unpaired) electrons. The van der Waals surface area contributed by atoms with Crippen LogP contribution in [0.4, 0.5) is 0 Å². The lowest BCUT2D eigenvalue weighted by Gasteiger charge is -2.27. The van der Waals surface area contributed by atoms with Crippen molar-refractivity contribution in [3.05, 3.63) is 29.8 Å². The second kappa shape index (κ2) is 8.26. The quantitative estimate of drug-likeness (QED) is 0.487. The fourth-order valence-electron chi connectivity index (χ4n) is 2.43. The number of aliphatic imine (C=N–C) groups is 1. The topological polar surface area (TPSA) is 79.9 Å². The van der Waals surface area contributed by atoms with Gasteiger partial charge in [-0.2, -0.15) is 0 Å². The minimum absolute atomic E-state index is 0.134. The van der Waals surface area contributed by atoms with E-state index in [0.29, 0.717) is 30.4 Å². The SMILES string of the molecule is COc1cccc(C(=O)NCCN=C(N)N2CCCCC2)c1. The summed E-state index contributed by atoms with van der Waals surface area (Å²) < 4.78 is 5.11. The van der Waals surface area contributed by atoms with Crippen LogP contribution in [0.15, 0.2) is 29.3 Å². The number of amides is 1. The van der Waals surface area contributed by atoms with Crippen LogP contribution in [0.25, 0.3) is 0 Å². The molecule has 1 aromatic rings. The molecule has 22 heavy (non-hydrogen) atoms. The van der Waals surface area contributed by atoms with Gasteiger partial charge in [0.2, 0.25) is 0 Å². The van der Waals surface area contributed by atoms with E-state index in [1.54, 1.807) is 31.4 Å². The monoisotopic (exact) mass is 304 g/mol. The van der Waals surface area contributed by atoms with E-state index in [1.807, 2.05) is 0 Å². The van der Waals surface area contributed by atoms with Gasteiger partial charge < -0.3 is 20.7 Å². The fourth-order valence-corrected chi connectivity index (χ4v) is 2.43. The van der Waals surface area contributed by atoms with Crippen LogP contribution in [-0.4, -0.2) is 50.1 Å². The first-order chi connectivity index (χ1) is 10.7. The molecule has 1 amide bonds. The smallest absolute Gasteiger partial charge is 0.251 e. The lowest BCUT2D eigenvalue weighted by molar-refractivity contribution is 0.0954. The summed E-state index contributed by atoms with van der Waals surface area (Å²) in [6.45, 7) is 2.90. The molecule has 1 fully saturated rings. The summed E-state index contributed by atoms with van der Waals surface area (Å²) in [4.78, 5) is 18.4. The van der Waals surface area contributed by atoms with E-state index in [4.69, 9.17) is 10.5 Å². The maximum absolute atomic E-state index is 12.0. The molecular formula is C16H24N4O2. The van der Waals surface area contributed by atoms with Gasteiger partial charge in [0.05, 0.1) is 13.7 Å². The number of rotatable bonds is 5. The third kappa shape index (κ3) is 4.65. The molecule has 0 spiro atoms. The maximum atomic E-state index is 12.0. The Kier molecular flexibility index (Phi) is 6.06. The molecule has 0 bridgehead atoms. The van der Waals surface area contributed by atoms with Gasteiger partial charge in [0.15, 0.2) is 5.96 Å². The van der Waals surface area contributed by atoms with Crippen molar-refractivity contribution < 1.29 is 9.53 Å². The lowest BCUT2D eigenvalue weighted by atomic mass is 10.1. The summed E-state index contributed by atoms with van der Waals surface area (Å²) in [6.07, 6.45) is 3.60. The predicted octanol–water partition coefficient (Wildman–Crippen LogP) is 1.23. The molecule has 2 rings (SSSR count). The fraction of sp³-hybridized carbons (Fsp3) is 0.500. The van der Waals surface area contributed by atoms with Crippen molar-refractivity contribution in [2.24, 2.45) is 10.7 Å². The van der Waals surface area contributed by atoms with Crippen LogP contribution in [-0.2, 0) is 0 Å². The van der Waals surface area contributed by atoms with Crippen molar-refractivity contribution in [2.75, 3.05) is 33.3 Å². The Hall–Kier alpha value is -2.24. The Morgan fingerprint density at radius 3 is 2.86 bits per heavy atom. The molecule has 1 heterocycles. The zero-order valence-electron chi connectivity index (χ0n) is 13.0. The molecule has 0 aliphatic carbocycles. The van der Waals surface area contributed by atoms with Crippen LogP contribution in [0.3, 0.4) is 0 Å². The van der Waals surface area contributed by atoms with Crippen molar-refractivity contribution >= 4 is 11.9 Å². The number of carbonyl (C=O) groups excluding carboxylic acids is 1. The van der Waals surface area contributed by atoms with Crippen LogP contribution in [0, 0.1) is 0 Å². The Bertz CT molecular complexity index is 525. The van der Waals surface area contributed by atoms with Crippen molar-refractivity contribution in [3.63, 3.8) is 0 Å². The first kappa shape index (κ1) is 16.1. The molecule has 3 N–H and O–H groups in total. The highest BCUT2D eigenvalue weighted by molar-refractivity contribution is 5.94. The number of hydrogen-bond acceptors (Lipinski definition) is 3. The van der Waals surface area contributed by atoms with Crippen LogP contribution in [0.2, 0.25) is 0 Å². The predicted molar refractivity (Wildman–Crippen MR) is 87.2 cm³/mol. The standard InChI is InChI=1S/C16H24N4O2/c1-22-14-7-5-6-13(12-14)15(21)18-8-9-19-16(17)20-10-3-2-4-11-20/h5-7,12H,2-4,8-11H2,1H3,(H2,17,19)(H,18,21). The highest BCUT2D eigenvalue weighted by Gasteiger charge is 2.11. The summed E-state index contributed by atoms with van der Waals surface area (Å²) in [7, 11) is 1.58. The molecule has 1 aliphatic rings. The van der Waals surface area contributed by atoms with Gasteiger partial charge >= 0.3 is 0 Å². The van der Waals surface area contributed by atoms with E-state index < -0.39 is 0 Å². The minimum Gasteiger partial charge on any atom is -0.497 e. The second-order valence-corrected chi connectivity index (χ2v) is 5.28. The zero-order chi connectivity index (χ0) is 15.8. The number of benzene rings is 1. The molecular weight excluding hydrogens is 280 g/mol. The number of nitrogens with zero attached hydrogens (tertiary/aromatic N) is 2. The summed E-state index contributed by atoms with van der Waals surface area (Å²) in [6, 6.07) is 7.06. The van der Waals surface area contributed by atoms with Crippen molar-refractivity contribution in [1.29, 1.82) is 0 Å². The van der Waals surface area contributed by atoms with Crippen LogP contribution < -0.4 is 15.8 Å². The van der Waals surface area contributed by atoms with Crippen molar-refractivity contribution in [1.82, 2.24) is 10.2 Å². The molecule has 0 unspecified atom stereocenters. The molecule has 0 saturated carbocycles. The third-order valence-corrected chi connectivity index (χ3v) is 3.68. The highest BCUT2D eigenvalue weighted by atomic mass is 16.5. The minimum atomic E-state index is -0.134. The Balaban J connectivity index is 1.76. The van der Waals surface area contributed by atoms with E-state index in [9.17, 15) is 4.79 Å². The molecule has 1 aromatic carbocycles. The van der Waals surface area contributed by atoms with Gasteiger partial charge in [0.25, 0.3) is 5.91 Å². The number of piperidine rings is 1. The maximum Gasteiger partial charge on any atom is 0.251 e. The first-order valence-electron chi connectivity index (χ1n) is 7.68. The number of ether oxygens (including phenoxy) is 1. The third-order valence-electron chi connectivity index (χ3n) is 3.68. The number of guanidine groups is 1. The summed E-state index contributed by atoms with van der Waals surface area (Å²) in [5.41, 5.74) is 6.54. The number of carbonyl (C=O) groups is 1. The van der Waals surface area contributed by atoms with E-state index in [0.717, 1.165) is 13.1 Å². The Labute approximate surface area is 131 Å². The Morgan fingerprint density at radius 2 is 2.14 bits per heavy atom. The average molecular weight is 304 g/mol. The molecule has 1 aliphatic heterocycles. The average Bonchev–Trinajstić information content (AvgIpc) is 2.59. The molecule has 0 atom stereocenters. The van der Waals surface area contributed by atoms with E-state index >= 15 is 0 Å². The summed E-state index contributed by atoms with van der Waals surface area (Å²) in [5.74, 6) is 1.11. The zero-order valence-corrected chi connectivity index (χ0v) is 13.0. The molecule has 120 valence electrons. The van der Waals surface area contributed by atoms with Gasteiger partial charge in [-0.25, -0.2) is 0 Å². The first-order valence-corrected chi connectivity index (χ1v) is 7.68. The summed E-state index contributed by atoms with van der Waals surface area (Å²) >= 11 is 0. The number of methoxy groups -OCH3 is 1. The second-order valence-electron chi connectivity index (χ2n) is 5.28. The highest BCUT2D eigenvalue weighted by Crippen LogP contribution is 2.12. The van der Waals surface area contributed by atoms with Gasteiger partial charge in [-0.1, -0.05) is 6.07 Å². The Morgan fingerprint density at radius 1 is 1.36 bits per heavy atom. The number of hydrogen-bond donors (Lipinski definition) is 2.